The number of carbonyl (C=O) groups excluding carboxylic acids is 5. The Kier molecular flexibility index (Phi) is 12.6. The van der Waals surface area contributed by atoms with Gasteiger partial charge in [-0.1, -0.05) is 13.8 Å². The van der Waals surface area contributed by atoms with Crippen molar-refractivity contribution in [2.45, 2.75) is 77.0 Å². The van der Waals surface area contributed by atoms with Crippen LogP contribution in [-0.2, 0) is 24.0 Å². The van der Waals surface area contributed by atoms with E-state index in [4.69, 9.17) is 22.9 Å². The van der Waals surface area contributed by atoms with E-state index in [2.05, 4.69) is 20.9 Å². The van der Waals surface area contributed by atoms with Gasteiger partial charge in [0.15, 0.2) is 5.96 Å². The van der Waals surface area contributed by atoms with Crippen LogP contribution in [0.15, 0.2) is 4.99 Å². The molecule has 1 heterocycles. The van der Waals surface area contributed by atoms with Crippen LogP contribution in [0.5, 0.6) is 0 Å². The summed E-state index contributed by atoms with van der Waals surface area (Å²) in [5.41, 5.74) is 21.5. The molecule has 0 saturated carbocycles. The van der Waals surface area contributed by atoms with Crippen molar-refractivity contribution < 1.29 is 24.0 Å². The molecule has 1 aliphatic heterocycles. The standard InChI is InChI=1S/C22H41N9O5/c1-12(2)10-15(30-18(33)13(3)23)19(34)29-14(6-4-8-27-22(25)26)21(36)31-9-5-7-16(31)20(35)28-11-17(24)32/h12-16H,4-11,23H2,1-3H3,(H2,24,32)(H,28,35)(H,29,34)(H,30,33)(H4,25,26,27)/t13-,14+,15+,16+/m1/s1. The quantitative estimate of drug-likeness (QED) is 0.0718. The van der Waals surface area contributed by atoms with Gasteiger partial charge in [-0.3, -0.25) is 29.0 Å². The number of guanidine groups is 1. The summed E-state index contributed by atoms with van der Waals surface area (Å²) in [6.45, 7) is 5.51. The van der Waals surface area contributed by atoms with Crippen molar-refractivity contribution in [3.63, 3.8) is 0 Å². The third-order valence-corrected chi connectivity index (χ3v) is 5.59. The number of nitrogens with one attached hydrogen (secondary N) is 3. The van der Waals surface area contributed by atoms with Gasteiger partial charge in [-0.2, -0.15) is 0 Å². The third kappa shape index (κ3) is 10.5. The molecule has 1 saturated heterocycles. The Balaban J connectivity index is 3.07. The molecular formula is C22H41N9O5. The minimum atomic E-state index is -0.988. The molecule has 36 heavy (non-hydrogen) atoms. The van der Waals surface area contributed by atoms with E-state index in [0.717, 1.165) is 0 Å². The first kappa shape index (κ1) is 30.6. The number of hydrogen-bond acceptors (Lipinski definition) is 7. The van der Waals surface area contributed by atoms with Gasteiger partial charge in [0.1, 0.15) is 18.1 Å². The Morgan fingerprint density at radius 2 is 1.64 bits per heavy atom. The van der Waals surface area contributed by atoms with Crippen molar-refractivity contribution >= 4 is 35.5 Å². The summed E-state index contributed by atoms with van der Waals surface area (Å²) in [4.78, 5) is 67.7. The summed E-state index contributed by atoms with van der Waals surface area (Å²) >= 11 is 0. The predicted octanol–water partition coefficient (Wildman–Crippen LogP) is -3.00. The van der Waals surface area contributed by atoms with Crippen LogP contribution < -0.4 is 38.9 Å². The number of nitrogens with two attached hydrogens (primary N) is 4. The summed E-state index contributed by atoms with van der Waals surface area (Å²) < 4.78 is 0. The third-order valence-electron chi connectivity index (χ3n) is 5.59. The van der Waals surface area contributed by atoms with Gasteiger partial charge in [0, 0.05) is 13.1 Å². The van der Waals surface area contributed by atoms with Crippen LogP contribution in [0.4, 0.5) is 0 Å². The van der Waals surface area contributed by atoms with Gasteiger partial charge in [-0.15, -0.1) is 0 Å². The van der Waals surface area contributed by atoms with Crippen LogP contribution in [0.25, 0.3) is 0 Å². The second-order valence-electron chi connectivity index (χ2n) is 9.36. The largest absolute Gasteiger partial charge is 0.370 e. The fraction of sp³-hybridized carbons (Fsp3) is 0.727. The normalized spacial score (nSPS) is 17.6. The number of aliphatic imine (C=N–C) groups is 1. The van der Waals surface area contributed by atoms with Crippen molar-refractivity contribution in [2.75, 3.05) is 19.6 Å². The molecule has 5 amide bonds. The molecule has 0 aromatic carbocycles. The van der Waals surface area contributed by atoms with Crippen molar-refractivity contribution in [1.82, 2.24) is 20.9 Å². The van der Waals surface area contributed by atoms with Gasteiger partial charge in [0.2, 0.25) is 29.5 Å². The summed E-state index contributed by atoms with van der Waals surface area (Å²) in [5, 5.41) is 7.80. The summed E-state index contributed by atoms with van der Waals surface area (Å²) in [7, 11) is 0. The zero-order chi connectivity index (χ0) is 27.4. The van der Waals surface area contributed by atoms with Crippen molar-refractivity contribution in [1.29, 1.82) is 0 Å². The molecule has 0 radical (unpaired) electrons. The SMILES string of the molecule is CC(C)C[C@H](NC(=O)[C@@H](C)N)C(=O)N[C@@H](CCCN=C(N)N)C(=O)N1CCC[C@H]1C(=O)NCC(N)=O. The lowest BCUT2D eigenvalue weighted by molar-refractivity contribution is -0.142. The van der Waals surface area contributed by atoms with Gasteiger partial charge in [-0.25, -0.2) is 0 Å². The van der Waals surface area contributed by atoms with Gasteiger partial charge < -0.3 is 43.8 Å². The van der Waals surface area contributed by atoms with Crippen molar-refractivity contribution in [2.24, 2.45) is 33.8 Å². The highest BCUT2D eigenvalue weighted by molar-refractivity contribution is 5.95. The highest BCUT2D eigenvalue weighted by Crippen LogP contribution is 2.20. The van der Waals surface area contributed by atoms with E-state index in [9.17, 15) is 24.0 Å². The maximum absolute atomic E-state index is 13.5. The molecule has 1 aliphatic rings. The summed E-state index contributed by atoms with van der Waals surface area (Å²) in [5.74, 6) is -2.69. The number of rotatable bonds is 14. The minimum Gasteiger partial charge on any atom is -0.370 e. The molecule has 0 aliphatic carbocycles. The van der Waals surface area contributed by atoms with Crippen molar-refractivity contribution in [3.8, 4) is 0 Å². The second kappa shape index (κ2) is 14.9. The van der Waals surface area contributed by atoms with Crippen molar-refractivity contribution in [3.05, 3.63) is 0 Å². The molecule has 1 rings (SSSR count). The molecule has 11 N–H and O–H groups in total. The van der Waals surface area contributed by atoms with E-state index in [0.29, 0.717) is 32.2 Å². The van der Waals surface area contributed by atoms with E-state index >= 15 is 0 Å². The Bertz CT molecular complexity index is 827. The number of likely N-dealkylation sites (tertiary alicyclic amines) is 1. The van der Waals surface area contributed by atoms with E-state index < -0.39 is 53.7 Å². The maximum Gasteiger partial charge on any atom is 0.245 e. The minimum absolute atomic E-state index is 0.0714. The van der Waals surface area contributed by atoms with Crippen LogP contribution in [0.1, 0.15) is 52.9 Å². The first-order valence-electron chi connectivity index (χ1n) is 12.1. The Labute approximate surface area is 211 Å². The second-order valence-corrected chi connectivity index (χ2v) is 9.36. The molecule has 0 unspecified atom stereocenters. The number of hydrogen-bond donors (Lipinski definition) is 7. The summed E-state index contributed by atoms with van der Waals surface area (Å²) in [6, 6.07) is -3.49. The van der Waals surface area contributed by atoms with E-state index in [-0.39, 0.29) is 31.4 Å². The lowest BCUT2D eigenvalue weighted by atomic mass is 10.0. The number of primary amides is 1. The van der Waals surface area contributed by atoms with E-state index in [1.807, 2.05) is 13.8 Å². The zero-order valence-electron chi connectivity index (χ0n) is 21.3. The van der Waals surface area contributed by atoms with Gasteiger partial charge in [0.25, 0.3) is 0 Å². The van der Waals surface area contributed by atoms with Gasteiger partial charge >= 0.3 is 0 Å². The summed E-state index contributed by atoms with van der Waals surface area (Å²) in [6.07, 6.45) is 1.90. The molecule has 1 fully saturated rings. The highest BCUT2D eigenvalue weighted by atomic mass is 16.2. The maximum atomic E-state index is 13.5. The smallest absolute Gasteiger partial charge is 0.245 e. The zero-order valence-corrected chi connectivity index (χ0v) is 21.3. The Morgan fingerprint density at radius 1 is 1.00 bits per heavy atom. The molecule has 14 nitrogen and oxygen atoms in total. The monoisotopic (exact) mass is 511 g/mol. The number of carbonyl (C=O) groups is 5. The molecule has 204 valence electrons. The van der Waals surface area contributed by atoms with Crippen LogP contribution in [0.2, 0.25) is 0 Å². The van der Waals surface area contributed by atoms with Crippen LogP contribution in [-0.4, -0.2) is 84.2 Å². The molecule has 0 spiro atoms. The predicted molar refractivity (Wildman–Crippen MR) is 134 cm³/mol. The Hall–Kier alpha value is -3.42. The number of amides is 5. The lowest BCUT2D eigenvalue weighted by Crippen LogP contribution is -2.57. The number of nitrogens with zero attached hydrogens (tertiary/aromatic N) is 2. The van der Waals surface area contributed by atoms with Crippen LogP contribution in [0.3, 0.4) is 0 Å². The average molecular weight is 512 g/mol. The molecule has 14 heteroatoms. The van der Waals surface area contributed by atoms with Crippen LogP contribution in [0, 0.1) is 5.92 Å². The lowest BCUT2D eigenvalue weighted by Gasteiger charge is -2.30. The first-order chi connectivity index (χ1) is 16.8. The molecule has 0 bridgehead atoms. The molecule has 0 aromatic rings. The highest BCUT2D eigenvalue weighted by Gasteiger charge is 2.38. The first-order valence-corrected chi connectivity index (χ1v) is 12.1. The topological polar surface area (TPSA) is 241 Å². The van der Waals surface area contributed by atoms with E-state index in [1.54, 1.807) is 0 Å². The Morgan fingerprint density at radius 3 is 2.19 bits per heavy atom. The average Bonchev–Trinajstić information content (AvgIpc) is 3.27. The van der Waals surface area contributed by atoms with Crippen LogP contribution >= 0.6 is 0 Å². The fourth-order valence-electron chi connectivity index (χ4n) is 3.83. The molecular weight excluding hydrogens is 470 g/mol. The van der Waals surface area contributed by atoms with Gasteiger partial charge in [-0.05, 0) is 44.9 Å². The van der Waals surface area contributed by atoms with E-state index in [1.165, 1.54) is 11.8 Å². The van der Waals surface area contributed by atoms with Gasteiger partial charge in [0.05, 0.1) is 12.6 Å². The molecule has 0 aromatic heterocycles. The molecule has 4 atom stereocenters. The fourth-order valence-corrected chi connectivity index (χ4v) is 3.83.